The molecular formula is C14H16N2O. The summed E-state index contributed by atoms with van der Waals surface area (Å²) < 4.78 is 0. The van der Waals surface area contributed by atoms with Crippen LogP contribution in [0.1, 0.15) is 24.0 Å². The predicted octanol–water partition coefficient (Wildman–Crippen LogP) is 1.79. The van der Waals surface area contributed by atoms with Gasteiger partial charge in [-0.15, -0.1) is 0 Å². The van der Waals surface area contributed by atoms with Crippen molar-refractivity contribution in [2.75, 3.05) is 0 Å². The lowest BCUT2D eigenvalue weighted by atomic mass is 10.0. The van der Waals surface area contributed by atoms with Gasteiger partial charge in [-0.25, -0.2) is 0 Å². The van der Waals surface area contributed by atoms with E-state index >= 15 is 0 Å². The molecule has 1 unspecified atom stereocenters. The van der Waals surface area contributed by atoms with Crippen LogP contribution in [0.5, 0.6) is 0 Å². The molecule has 0 aromatic heterocycles. The van der Waals surface area contributed by atoms with Crippen LogP contribution in [0, 0.1) is 0 Å². The molecule has 17 heavy (non-hydrogen) atoms. The Morgan fingerprint density at radius 2 is 1.88 bits per heavy atom. The largest absolute Gasteiger partial charge is 0.329 e. The summed E-state index contributed by atoms with van der Waals surface area (Å²) in [6.45, 7) is 5.59. The fourth-order valence-electron chi connectivity index (χ4n) is 2.69. The van der Waals surface area contributed by atoms with Crippen LogP contribution >= 0.6 is 0 Å². The second-order valence-corrected chi connectivity index (χ2v) is 4.82. The number of benzene rings is 1. The van der Waals surface area contributed by atoms with Gasteiger partial charge in [0.25, 0.3) is 0 Å². The molecule has 88 valence electrons. The third kappa shape index (κ3) is 1.87. The Hall–Kier alpha value is -1.61. The van der Waals surface area contributed by atoms with Gasteiger partial charge in [-0.3, -0.25) is 9.69 Å². The Morgan fingerprint density at radius 3 is 2.47 bits per heavy atom. The number of rotatable bonds is 1. The summed E-state index contributed by atoms with van der Waals surface area (Å²) >= 11 is 0. The van der Waals surface area contributed by atoms with Crippen LogP contribution in [0.15, 0.2) is 36.5 Å². The molecule has 1 saturated heterocycles. The number of carbonyl (C=O) groups excluding carboxylic acids is 1. The Labute approximate surface area is 101 Å². The molecule has 3 nitrogen and oxygen atoms in total. The molecule has 3 rings (SSSR count). The lowest BCUT2D eigenvalue weighted by Crippen LogP contribution is -2.47. The van der Waals surface area contributed by atoms with Gasteiger partial charge in [-0.1, -0.05) is 30.8 Å². The normalized spacial score (nSPS) is 24.6. The first-order valence-corrected chi connectivity index (χ1v) is 6.03. The number of hydrogen-bond donors (Lipinski definition) is 1. The van der Waals surface area contributed by atoms with Crippen LogP contribution in [0.2, 0.25) is 0 Å². The van der Waals surface area contributed by atoms with Crippen LogP contribution < -0.4 is 5.32 Å². The molecular weight excluding hydrogens is 212 g/mol. The van der Waals surface area contributed by atoms with Crippen molar-refractivity contribution >= 4 is 5.91 Å². The van der Waals surface area contributed by atoms with E-state index in [4.69, 9.17) is 0 Å². The predicted molar refractivity (Wildman–Crippen MR) is 66.0 cm³/mol. The number of carbonyl (C=O) groups is 1. The van der Waals surface area contributed by atoms with Gasteiger partial charge >= 0.3 is 0 Å². The third-order valence-corrected chi connectivity index (χ3v) is 3.63. The van der Waals surface area contributed by atoms with Crippen molar-refractivity contribution in [3.63, 3.8) is 0 Å². The van der Waals surface area contributed by atoms with Gasteiger partial charge in [0.15, 0.2) is 0 Å². The highest BCUT2D eigenvalue weighted by Gasteiger charge is 2.32. The first kappa shape index (κ1) is 10.5. The van der Waals surface area contributed by atoms with E-state index in [-0.39, 0.29) is 11.9 Å². The summed E-state index contributed by atoms with van der Waals surface area (Å²) in [6, 6.07) is 8.42. The second-order valence-electron chi connectivity index (χ2n) is 4.82. The highest BCUT2D eigenvalue weighted by molar-refractivity contribution is 5.84. The van der Waals surface area contributed by atoms with Crippen molar-refractivity contribution in [3.8, 4) is 0 Å². The number of hydrogen-bond acceptors (Lipinski definition) is 2. The Balaban J connectivity index is 1.76. The van der Waals surface area contributed by atoms with E-state index in [1.807, 2.05) is 0 Å². The molecule has 1 aromatic rings. The maximum atomic E-state index is 11.9. The van der Waals surface area contributed by atoms with Crippen LogP contribution in [0.25, 0.3) is 0 Å². The van der Waals surface area contributed by atoms with Crippen molar-refractivity contribution in [3.05, 3.63) is 47.7 Å². The molecule has 2 heterocycles. The summed E-state index contributed by atoms with van der Waals surface area (Å²) in [7, 11) is 0. The van der Waals surface area contributed by atoms with Crippen LogP contribution in [0.4, 0.5) is 0 Å². The molecule has 1 amide bonds. The number of piperidine rings is 1. The second kappa shape index (κ2) is 4.00. The molecule has 2 aliphatic rings. The molecule has 1 fully saturated rings. The highest BCUT2D eigenvalue weighted by Crippen LogP contribution is 2.27. The van der Waals surface area contributed by atoms with Gasteiger partial charge < -0.3 is 5.32 Å². The Morgan fingerprint density at radius 1 is 1.24 bits per heavy atom. The number of fused-ring (bicyclic) bond motifs is 1. The van der Waals surface area contributed by atoms with Gasteiger partial charge in [0.2, 0.25) is 5.91 Å². The van der Waals surface area contributed by atoms with E-state index in [2.05, 4.69) is 41.1 Å². The van der Waals surface area contributed by atoms with E-state index in [1.54, 1.807) is 0 Å². The molecule has 0 aliphatic carbocycles. The van der Waals surface area contributed by atoms with Crippen molar-refractivity contribution in [2.45, 2.75) is 32.0 Å². The number of allylic oxidation sites excluding steroid dienone is 1. The molecule has 0 bridgehead atoms. The summed E-state index contributed by atoms with van der Waals surface area (Å²) in [4.78, 5) is 14.2. The lowest BCUT2D eigenvalue weighted by molar-refractivity contribution is -0.127. The Bertz CT molecular complexity index is 456. The van der Waals surface area contributed by atoms with Crippen LogP contribution in [-0.2, 0) is 17.9 Å². The first-order chi connectivity index (χ1) is 8.24. The zero-order valence-corrected chi connectivity index (χ0v) is 9.78. The van der Waals surface area contributed by atoms with E-state index in [0.29, 0.717) is 0 Å². The quantitative estimate of drug-likeness (QED) is 0.795. The van der Waals surface area contributed by atoms with E-state index in [0.717, 1.165) is 31.6 Å². The molecule has 1 atom stereocenters. The number of nitrogens with zero attached hydrogens (tertiary/aromatic N) is 1. The summed E-state index contributed by atoms with van der Waals surface area (Å²) in [5.41, 5.74) is 3.55. The molecule has 0 saturated carbocycles. The third-order valence-electron chi connectivity index (χ3n) is 3.63. The van der Waals surface area contributed by atoms with Crippen molar-refractivity contribution in [1.29, 1.82) is 0 Å². The monoisotopic (exact) mass is 228 g/mol. The summed E-state index contributed by atoms with van der Waals surface area (Å²) in [5, 5.41) is 2.86. The zero-order valence-electron chi connectivity index (χ0n) is 9.78. The Kier molecular flexibility index (Phi) is 2.48. The molecule has 1 N–H and O–H groups in total. The van der Waals surface area contributed by atoms with E-state index in [1.165, 1.54) is 11.1 Å². The minimum atomic E-state index is 0.00731. The molecule has 3 heteroatoms. The number of nitrogens with one attached hydrogen (secondary N) is 1. The standard InChI is InChI=1S/C14H16N2O/c1-10-6-7-13(14(17)15-10)16-8-11-4-2-3-5-12(11)9-16/h2-5,13H,1,6-9H2,(H,15,17). The maximum Gasteiger partial charge on any atom is 0.241 e. The van der Waals surface area contributed by atoms with Gasteiger partial charge in [-0.2, -0.15) is 0 Å². The number of amides is 1. The summed E-state index contributed by atoms with van der Waals surface area (Å²) in [5.74, 6) is 0.106. The minimum Gasteiger partial charge on any atom is -0.329 e. The van der Waals surface area contributed by atoms with Crippen molar-refractivity contribution in [1.82, 2.24) is 10.2 Å². The molecule has 2 aliphatic heterocycles. The average molecular weight is 228 g/mol. The fourth-order valence-corrected chi connectivity index (χ4v) is 2.69. The molecule has 1 aromatic carbocycles. The fraction of sp³-hybridized carbons (Fsp3) is 0.357. The van der Waals surface area contributed by atoms with Gasteiger partial charge in [0.05, 0.1) is 6.04 Å². The van der Waals surface area contributed by atoms with Gasteiger partial charge in [-0.05, 0) is 24.0 Å². The van der Waals surface area contributed by atoms with E-state index in [9.17, 15) is 4.79 Å². The van der Waals surface area contributed by atoms with Gasteiger partial charge in [0, 0.05) is 18.8 Å². The smallest absolute Gasteiger partial charge is 0.241 e. The van der Waals surface area contributed by atoms with E-state index < -0.39 is 0 Å². The molecule has 0 radical (unpaired) electrons. The SMILES string of the molecule is C=C1CCC(N2Cc3ccccc3C2)C(=O)N1. The molecule has 0 spiro atoms. The first-order valence-electron chi connectivity index (χ1n) is 6.03. The minimum absolute atomic E-state index is 0.00731. The van der Waals surface area contributed by atoms with Crippen LogP contribution in [0.3, 0.4) is 0 Å². The van der Waals surface area contributed by atoms with Crippen molar-refractivity contribution < 1.29 is 4.79 Å². The average Bonchev–Trinajstić information content (AvgIpc) is 2.72. The zero-order chi connectivity index (χ0) is 11.8. The highest BCUT2D eigenvalue weighted by atomic mass is 16.2. The maximum absolute atomic E-state index is 11.9. The lowest BCUT2D eigenvalue weighted by Gasteiger charge is -2.30. The van der Waals surface area contributed by atoms with Gasteiger partial charge in [0.1, 0.15) is 0 Å². The van der Waals surface area contributed by atoms with Crippen molar-refractivity contribution in [2.24, 2.45) is 0 Å². The topological polar surface area (TPSA) is 32.3 Å². The summed E-state index contributed by atoms with van der Waals surface area (Å²) in [6.07, 6.45) is 1.78. The van der Waals surface area contributed by atoms with Crippen LogP contribution in [-0.4, -0.2) is 16.8 Å².